The molecule has 0 aliphatic carbocycles. The minimum Gasteiger partial charge on any atom is -0.258 e. The van der Waals surface area contributed by atoms with Crippen LogP contribution in [0.1, 0.15) is 33.6 Å². The Morgan fingerprint density at radius 2 is 2.00 bits per heavy atom. The van der Waals surface area contributed by atoms with Crippen LogP contribution in [0, 0.1) is 17.8 Å². The third-order valence-electron chi connectivity index (χ3n) is 1.75. The Labute approximate surface area is 75.0 Å². The van der Waals surface area contributed by atoms with Gasteiger partial charge in [0, 0.05) is 12.0 Å². The number of nitrogens with one attached hydrogen (secondary N) is 2. The summed E-state index contributed by atoms with van der Waals surface area (Å²) in [6, 6.07) is 0.399. The van der Waals surface area contributed by atoms with Gasteiger partial charge in [-0.2, -0.15) is 5.53 Å². The maximum Gasteiger partial charge on any atom is 0.0198 e. The van der Waals surface area contributed by atoms with Gasteiger partial charge in [-0.15, -0.1) is 11.8 Å². The van der Waals surface area contributed by atoms with E-state index in [2.05, 4.69) is 36.6 Å². The van der Waals surface area contributed by atoms with Gasteiger partial charge in [0.2, 0.25) is 0 Å². The normalized spacial score (nSPS) is 14.7. The molecule has 2 atom stereocenters. The number of hydrazine groups is 2. The van der Waals surface area contributed by atoms with Gasteiger partial charge in [0.1, 0.15) is 0 Å². The minimum absolute atomic E-state index is 0.399. The van der Waals surface area contributed by atoms with Gasteiger partial charge in [-0.3, -0.25) is 5.84 Å². The van der Waals surface area contributed by atoms with E-state index in [1.54, 1.807) is 0 Å². The molecule has 0 spiro atoms. The lowest BCUT2D eigenvalue weighted by molar-refractivity contribution is 0.417. The van der Waals surface area contributed by atoms with Crippen molar-refractivity contribution in [3.63, 3.8) is 0 Å². The molecule has 0 rings (SSSR count). The van der Waals surface area contributed by atoms with Crippen LogP contribution >= 0.6 is 0 Å². The largest absolute Gasteiger partial charge is 0.258 e. The van der Waals surface area contributed by atoms with Crippen molar-refractivity contribution in [3.8, 4) is 11.8 Å². The molecule has 12 heavy (non-hydrogen) atoms. The Hall–Kier alpha value is -0.560. The zero-order chi connectivity index (χ0) is 9.40. The predicted molar refractivity (Wildman–Crippen MR) is 51.8 cm³/mol. The van der Waals surface area contributed by atoms with E-state index in [1.807, 2.05) is 6.92 Å². The molecule has 0 aromatic heterocycles. The maximum atomic E-state index is 5.11. The second-order valence-electron chi connectivity index (χ2n) is 3.06. The van der Waals surface area contributed by atoms with Crippen LogP contribution in [-0.2, 0) is 0 Å². The van der Waals surface area contributed by atoms with E-state index in [4.69, 9.17) is 5.84 Å². The molecule has 3 heteroatoms. The van der Waals surface area contributed by atoms with Crippen molar-refractivity contribution in [1.82, 2.24) is 11.0 Å². The lowest BCUT2D eigenvalue weighted by Gasteiger charge is -2.12. The molecular formula is C9H19N3. The zero-order valence-corrected chi connectivity index (χ0v) is 8.15. The van der Waals surface area contributed by atoms with Crippen molar-refractivity contribution in [1.29, 1.82) is 0 Å². The third-order valence-corrected chi connectivity index (χ3v) is 1.75. The first-order valence-corrected chi connectivity index (χ1v) is 4.34. The Morgan fingerprint density at radius 1 is 1.33 bits per heavy atom. The first kappa shape index (κ1) is 11.4. The van der Waals surface area contributed by atoms with Gasteiger partial charge in [-0.25, -0.2) is 5.43 Å². The molecule has 0 aliphatic heterocycles. The standard InChI is InChI=1S/C9H19N3/c1-4-5-8(2)6-7-9(3)11-12-10/h8-9,11-12H,6-7,10H2,1-3H3. The summed E-state index contributed by atoms with van der Waals surface area (Å²) < 4.78 is 0. The van der Waals surface area contributed by atoms with Crippen LogP contribution in [0.4, 0.5) is 0 Å². The van der Waals surface area contributed by atoms with E-state index in [0.29, 0.717) is 12.0 Å². The van der Waals surface area contributed by atoms with Crippen LogP contribution < -0.4 is 16.8 Å². The molecule has 0 amide bonds. The summed E-state index contributed by atoms with van der Waals surface area (Å²) in [6.07, 6.45) is 2.19. The summed E-state index contributed by atoms with van der Waals surface area (Å²) in [5.74, 6) is 11.6. The average Bonchev–Trinajstić information content (AvgIpc) is 2.02. The molecule has 0 aromatic rings. The summed E-state index contributed by atoms with van der Waals surface area (Å²) in [6.45, 7) is 6.10. The molecule has 70 valence electrons. The third kappa shape index (κ3) is 6.17. The molecule has 3 nitrogen and oxygen atoms in total. The summed E-state index contributed by atoms with van der Waals surface area (Å²) >= 11 is 0. The van der Waals surface area contributed by atoms with Crippen LogP contribution in [0.2, 0.25) is 0 Å². The zero-order valence-electron chi connectivity index (χ0n) is 8.15. The van der Waals surface area contributed by atoms with E-state index < -0.39 is 0 Å². The number of hydrogen-bond acceptors (Lipinski definition) is 3. The highest BCUT2D eigenvalue weighted by Crippen LogP contribution is 2.05. The molecule has 2 unspecified atom stereocenters. The van der Waals surface area contributed by atoms with Crippen LogP contribution in [0.25, 0.3) is 0 Å². The first-order valence-electron chi connectivity index (χ1n) is 4.34. The van der Waals surface area contributed by atoms with Crippen molar-refractivity contribution in [2.24, 2.45) is 11.8 Å². The van der Waals surface area contributed by atoms with Gasteiger partial charge in [0.25, 0.3) is 0 Å². The van der Waals surface area contributed by atoms with Crippen molar-refractivity contribution < 1.29 is 0 Å². The second-order valence-corrected chi connectivity index (χ2v) is 3.06. The average molecular weight is 169 g/mol. The van der Waals surface area contributed by atoms with Crippen LogP contribution in [0.3, 0.4) is 0 Å². The molecule has 0 heterocycles. The molecule has 0 saturated carbocycles. The SMILES string of the molecule is CC#CC(C)CCC(C)NNN. The van der Waals surface area contributed by atoms with Gasteiger partial charge < -0.3 is 0 Å². The van der Waals surface area contributed by atoms with E-state index in [0.717, 1.165) is 12.8 Å². The fourth-order valence-corrected chi connectivity index (χ4v) is 1.03. The molecule has 4 N–H and O–H groups in total. The van der Waals surface area contributed by atoms with Crippen molar-refractivity contribution in [2.75, 3.05) is 0 Å². The Morgan fingerprint density at radius 3 is 2.50 bits per heavy atom. The highest BCUT2D eigenvalue weighted by molar-refractivity contribution is 4.99. The predicted octanol–water partition coefficient (Wildman–Crippen LogP) is 0.782. The fourth-order valence-electron chi connectivity index (χ4n) is 1.03. The van der Waals surface area contributed by atoms with Gasteiger partial charge in [0.15, 0.2) is 0 Å². The van der Waals surface area contributed by atoms with E-state index >= 15 is 0 Å². The van der Waals surface area contributed by atoms with Crippen molar-refractivity contribution in [2.45, 2.75) is 39.7 Å². The van der Waals surface area contributed by atoms with Crippen LogP contribution in [0.15, 0.2) is 0 Å². The Kier molecular flexibility index (Phi) is 6.78. The van der Waals surface area contributed by atoms with E-state index in [-0.39, 0.29) is 0 Å². The van der Waals surface area contributed by atoms with E-state index in [1.165, 1.54) is 0 Å². The fraction of sp³-hybridized carbons (Fsp3) is 0.778. The van der Waals surface area contributed by atoms with Gasteiger partial charge >= 0.3 is 0 Å². The Balaban J connectivity index is 3.44. The molecule has 0 bridgehead atoms. The monoisotopic (exact) mass is 169 g/mol. The summed E-state index contributed by atoms with van der Waals surface area (Å²) in [5, 5.41) is 0. The molecule has 0 fully saturated rings. The van der Waals surface area contributed by atoms with Gasteiger partial charge in [-0.1, -0.05) is 6.92 Å². The van der Waals surface area contributed by atoms with Crippen molar-refractivity contribution in [3.05, 3.63) is 0 Å². The summed E-state index contributed by atoms with van der Waals surface area (Å²) in [4.78, 5) is 0. The van der Waals surface area contributed by atoms with Gasteiger partial charge in [-0.05, 0) is 26.7 Å². The maximum absolute atomic E-state index is 5.11. The highest BCUT2D eigenvalue weighted by atomic mass is 15.5. The lowest BCUT2D eigenvalue weighted by atomic mass is 10.0. The minimum atomic E-state index is 0.399. The molecule has 0 saturated heterocycles. The Bertz CT molecular complexity index is 157. The van der Waals surface area contributed by atoms with E-state index in [9.17, 15) is 0 Å². The molecule has 0 radical (unpaired) electrons. The molecular weight excluding hydrogens is 150 g/mol. The van der Waals surface area contributed by atoms with Crippen molar-refractivity contribution >= 4 is 0 Å². The number of nitrogens with two attached hydrogens (primary N) is 1. The summed E-state index contributed by atoms with van der Waals surface area (Å²) in [5.41, 5.74) is 5.36. The smallest absolute Gasteiger partial charge is 0.0198 e. The number of hydrogen-bond donors (Lipinski definition) is 3. The highest BCUT2D eigenvalue weighted by Gasteiger charge is 2.02. The lowest BCUT2D eigenvalue weighted by Crippen LogP contribution is -2.43. The molecule has 0 aliphatic rings. The quantitative estimate of drug-likeness (QED) is 0.324. The topological polar surface area (TPSA) is 50.1 Å². The molecule has 0 aromatic carbocycles. The second kappa shape index (κ2) is 7.11. The van der Waals surface area contributed by atoms with Crippen LogP contribution in [0.5, 0.6) is 0 Å². The van der Waals surface area contributed by atoms with Gasteiger partial charge in [0.05, 0.1) is 0 Å². The first-order chi connectivity index (χ1) is 5.70. The number of rotatable bonds is 5. The summed E-state index contributed by atoms with van der Waals surface area (Å²) in [7, 11) is 0. The van der Waals surface area contributed by atoms with Crippen LogP contribution in [-0.4, -0.2) is 6.04 Å².